The zero-order valence-corrected chi connectivity index (χ0v) is 12.2. The van der Waals surface area contributed by atoms with Crippen LogP contribution in [0.2, 0.25) is 5.15 Å². The number of piperidine rings is 1. The molecule has 2 rings (SSSR count). The molecular formula is C14H20ClN3O. The molecule has 0 spiro atoms. The number of pyridine rings is 1. The summed E-state index contributed by atoms with van der Waals surface area (Å²) in [6, 6.07) is 3.77. The van der Waals surface area contributed by atoms with Crippen molar-refractivity contribution in [2.45, 2.75) is 25.8 Å². The molecule has 2 heterocycles. The fourth-order valence-electron chi connectivity index (χ4n) is 2.52. The predicted octanol–water partition coefficient (Wildman–Crippen LogP) is 2.29. The summed E-state index contributed by atoms with van der Waals surface area (Å²) in [7, 11) is 1.86. The van der Waals surface area contributed by atoms with Gasteiger partial charge in [0, 0.05) is 32.4 Å². The van der Waals surface area contributed by atoms with Crippen LogP contribution in [0.25, 0.3) is 0 Å². The molecule has 1 saturated heterocycles. The smallest absolute Gasteiger partial charge is 0.256 e. The number of nitrogens with zero attached hydrogens (tertiary/aromatic N) is 3. The molecule has 0 saturated carbocycles. The summed E-state index contributed by atoms with van der Waals surface area (Å²) < 4.78 is 0. The van der Waals surface area contributed by atoms with Crippen molar-refractivity contribution in [1.29, 1.82) is 0 Å². The third kappa shape index (κ3) is 3.25. The Bertz CT molecular complexity index is 444. The molecule has 1 amide bonds. The van der Waals surface area contributed by atoms with Crippen molar-refractivity contribution >= 4 is 17.5 Å². The highest BCUT2D eigenvalue weighted by atomic mass is 35.5. The molecule has 1 fully saturated rings. The maximum Gasteiger partial charge on any atom is 0.256 e. The first-order valence-electron chi connectivity index (χ1n) is 6.73. The molecule has 0 aromatic carbocycles. The molecular weight excluding hydrogens is 262 g/mol. The molecule has 104 valence electrons. The van der Waals surface area contributed by atoms with Gasteiger partial charge in [0.2, 0.25) is 0 Å². The summed E-state index contributed by atoms with van der Waals surface area (Å²) >= 11 is 5.98. The van der Waals surface area contributed by atoms with Crippen LogP contribution in [0.15, 0.2) is 18.3 Å². The fourth-order valence-corrected chi connectivity index (χ4v) is 2.72. The molecule has 1 aromatic rings. The SMILES string of the molecule is CCN1CCC(N(C)C(=O)c2cccnc2Cl)CC1. The van der Waals surface area contributed by atoms with E-state index in [1.807, 2.05) is 11.9 Å². The number of hydrogen-bond donors (Lipinski definition) is 0. The molecule has 0 unspecified atom stereocenters. The van der Waals surface area contributed by atoms with Gasteiger partial charge in [-0.25, -0.2) is 4.98 Å². The van der Waals surface area contributed by atoms with E-state index in [1.54, 1.807) is 18.3 Å². The molecule has 1 aliphatic heterocycles. The van der Waals surface area contributed by atoms with E-state index < -0.39 is 0 Å². The van der Waals surface area contributed by atoms with Crippen molar-refractivity contribution in [3.05, 3.63) is 29.0 Å². The average Bonchev–Trinajstić information content (AvgIpc) is 2.46. The van der Waals surface area contributed by atoms with Gasteiger partial charge in [0.25, 0.3) is 5.91 Å². The second kappa shape index (κ2) is 6.35. The Hall–Kier alpha value is -1.13. The van der Waals surface area contributed by atoms with E-state index in [-0.39, 0.29) is 11.1 Å². The van der Waals surface area contributed by atoms with Gasteiger partial charge in [0.15, 0.2) is 0 Å². The van der Waals surface area contributed by atoms with Gasteiger partial charge in [-0.15, -0.1) is 0 Å². The van der Waals surface area contributed by atoms with Crippen LogP contribution in [0, 0.1) is 0 Å². The molecule has 4 nitrogen and oxygen atoms in total. The lowest BCUT2D eigenvalue weighted by Crippen LogP contribution is -2.45. The molecule has 19 heavy (non-hydrogen) atoms. The Morgan fingerprint density at radius 3 is 2.79 bits per heavy atom. The number of carbonyl (C=O) groups excluding carboxylic acids is 1. The number of hydrogen-bond acceptors (Lipinski definition) is 3. The summed E-state index contributed by atoms with van der Waals surface area (Å²) in [5.74, 6) is -0.0342. The van der Waals surface area contributed by atoms with Gasteiger partial charge in [-0.3, -0.25) is 4.79 Å². The normalized spacial score (nSPS) is 17.4. The molecule has 1 aromatic heterocycles. The minimum Gasteiger partial charge on any atom is -0.339 e. The number of likely N-dealkylation sites (tertiary alicyclic amines) is 1. The van der Waals surface area contributed by atoms with E-state index in [2.05, 4.69) is 16.8 Å². The topological polar surface area (TPSA) is 36.4 Å². The van der Waals surface area contributed by atoms with Crippen LogP contribution in [0.5, 0.6) is 0 Å². The van der Waals surface area contributed by atoms with E-state index in [1.165, 1.54) is 0 Å². The summed E-state index contributed by atoms with van der Waals surface area (Å²) in [5, 5.41) is 0.283. The molecule has 0 aliphatic carbocycles. The number of aromatic nitrogens is 1. The third-order valence-electron chi connectivity index (χ3n) is 3.86. The van der Waals surface area contributed by atoms with E-state index in [0.717, 1.165) is 32.5 Å². The largest absolute Gasteiger partial charge is 0.339 e. The Labute approximate surface area is 119 Å². The maximum absolute atomic E-state index is 12.4. The Morgan fingerprint density at radius 1 is 1.53 bits per heavy atom. The molecule has 0 N–H and O–H groups in total. The van der Waals surface area contributed by atoms with Crippen molar-refractivity contribution in [3.8, 4) is 0 Å². The molecule has 0 bridgehead atoms. The molecule has 0 radical (unpaired) electrons. The van der Waals surface area contributed by atoms with Crippen molar-refractivity contribution in [2.24, 2.45) is 0 Å². The Kier molecular flexibility index (Phi) is 4.77. The highest BCUT2D eigenvalue weighted by molar-refractivity contribution is 6.32. The highest BCUT2D eigenvalue weighted by Crippen LogP contribution is 2.20. The average molecular weight is 282 g/mol. The third-order valence-corrected chi connectivity index (χ3v) is 4.16. The van der Waals surface area contributed by atoms with E-state index >= 15 is 0 Å². The lowest BCUT2D eigenvalue weighted by molar-refractivity contribution is 0.0646. The first-order chi connectivity index (χ1) is 9.13. The van der Waals surface area contributed by atoms with E-state index in [4.69, 9.17) is 11.6 Å². The lowest BCUT2D eigenvalue weighted by atomic mass is 10.0. The van der Waals surface area contributed by atoms with Gasteiger partial charge in [-0.1, -0.05) is 18.5 Å². The zero-order valence-electron chi connectivity index (χ0n) is 11.5. The van der Waals surface area contributed by atoms with Crippen molar-refractivity contribution in [2.75, 3.05) is 26.7 Å². The van der Waals surface area contributed by atoms with E-state index in [9.17, 15) is 4.79 Å². The minimum atomic E-state index is -0.0342. The molecule has 5 heteroatoms. The van der Waals surface area contributed by atoms with Crippen LogP contribution >= 0.6 is 11.6 Å². The van der Waals surface area contributed by atoms with Gasteiger partial charge < -0.3 is 9.80 Å². The number of halogens is 1. The van der Waals surface area contributed by atoms with E-state index in [0.29, 0.717) is 11.6 Å². The quantitative estimate of drug-likeness (QED) is 0.798. The zero-order chi connectivity index (χ0) is 13.8. The van der Waals surface area contributed by atoms with Crippen molar-refractivity contribution in [3.63, 3.8) is 0 Å². The Morgan fingerprint density at radius 2 is 2.21 bits per heavy atom. The summed E-state index contributed by atoms with van der Waals surface area (Å²) in [6.45, 7) is 5.36. The van der Waals surface area contributed by atoms with Gasteiger partial charge in [0.1, 0.15) is 5.15 Å². The standard InChI is InChI=1S/C14H20ClN3O/c1-3-18-9-6-11(7-10-18)17(2)14(19)12-5-4-8-16-13(12)15/h4-5,8,11H,3,6-7,9-10H2,1-2H3. The minimum absolute atomic E-state index is 0.0342. The highest BCUT2D eigenvalue weighted by Gasteiger charge is 2.26. The van der Waals surface area contributed by atoms with Crippen LogP contribution in [0.3, 0.4) is 0 Å². The van der Waals surface area contributed by atoms with Gasteiger partial charge in [0.05, 0.1) is 5.56 Å². The van der Waals surface area contributed by atoms with Crippen LogP contribution in [0.1, 0.15) is 30.1 Å². The predicted molar refractivity (Wildman–Crippen MR) is 76.5 cm³/mol. The van der Waals surface area contributed by atoms with Gasteiger partial charge in [-0.05, 0) is 31.5 Å². The van der Waals surface area contributed by atoms with Crippen LogP contribution < -0.4 is 0 Å². The number of carbonyl (C=O) groups is 1. The van der Waals surface area contributed by atoms with Crippen molar-refractivity contribution < 1.29 is 4.79 Å². The first kappa shape index (κ1) is 14.3. The molecule has 1 aliphatic rings. The van der Waals surface area contributed by atoms with Gasteiger partial charge in [-0.2, -0.15) is 0 Å². The summed E-state index contributed by atoms with van der Waals surface area (Å²) in [4.78, 5) is 20.6. The fraction of sp³-hybridized carbons (Fsp3) is 0.571. The maximum atomic E-state index is 12.4. The second-order valence-electron chi connectivity index (χ2n) is 4.92. The second-order valence-corrected chi connectivity index (χ2v) is 5.28. The number of amides is 1. The van der Waals surface area contributed by atoms with Crippen LogP contribution in [-0.4, -0.2) is 53.4 Å². The Balaban J connectivity index is 2.02. The summed E-state index contributed by atoms with van der Waals surface area (Å²) in [6.07, 6.45) is 3.64. The molecule has 0 atom stereocenters. The lowest BCUT2D eigenvalue weighted by Gasteiger charge is -2.36. The van der Waals surface area contributed by atoms with Gasteiger partial charge >= 0.3 is 0 Å². The van der Waals surface area contributed by atoms with Crippen LogP contribution in [0.4, 0.5) is 0 Å². The first-order valence-corrected chi connectivity index (χ1v) is 7.11. The summed E-state index contributed by atoms with van der Waals surface area (Å²) in [5.41, 5.74) is 0.490. The number of rotatable bonds is 3. The van der Waals surface area contributed by atoms with Crippen molar-refractivity contribution in [1.82, 2.24) is 14.8 Å². The monoisotopic (exact) mass is 281 g/mol. The van der Waals surface area contributed by atoms with Crippen LogP contribution in [-0.2, 0) is 0 Å².